The van der Waals surface area contributed by atoms with Crippen LogP contribution in [0.2, 0.25) is 0 Å². The number of hydrogen-bond acceptors (Lipinski definition) is 8. The van der Waals surface area contributed by atoms with Gasteiger partial charge in [0.1, 0.15) is 11.5 Å². The number of alkyl halides is 3. The summed E-state index contributed by atoms with van der Waals surface area (Å²) in [6, 6.07) is 1.84. The molecule has 168 valence electrons. The molecule has 2 aliphatic rings. The molecule has 1 fully saturated rings. The first kappa shape index (κ1) is 22.1. The second-order valence-corrected chi connectivity index (χ2v) is 8.39. The van der Waals surface area contributed by atoms with Gasteiger partial charge in [0.15, 0.2) is 5.82 Å². The normalized spacial score (nSPS) is 19.8. The fourth-order valence-corrected chi connectivity index (χ4v) is 4.56. The van der Waals surface area contributed by atoms with Gasteiger partial charge in [-0.3, -0.25) is 9.98 Å². The molecule has 2 aromatic heterocycles. The van der Waals surface area contributed by atoms with Crippen molar-refractivity contribution in [1.82, 2.24) is 19.9 Å². The summed E-state index contributed by atoms with van der Waals surface area (Å²) in [7, 11) is 0. The predicted molar refractivity (Wildman–Crippen MR) is 120 cm³/mol. The highest BCUT2D eigenvalue weighted by Gasteiger charge is 2.30. The Balaban J connectivity index is 1.57. The summed E-state index contributed by atoms with van der Waals surface area (Å²) < 4.78 is 38.5. The maximum atomic E-state index is 12.8. The average Bonchev–Trinajstić information content (AvgIpc) is 3.32. The second-order valence-electron chi connectivity index (χ2n) is 7.47. The van der Waals surface area contributed by atoms with E-state index in [9.17, 15) is 13.2 Å². The molecule has 0 N–H and O–H groups in total. The standard InChI is InChI=1S/C21H22F3N7S/c1-25-12-17(30-9-6-26-16(14-30)11-21(22,23)24)19-27-5-4-18(29-19)31-8-2-3-15(13-31)20-28-7-10-32-20/h4-7,10,12,14-15H,1-3,8-9,11,13H2/b17-12-. The molecule has 0 spiro atoms. The van der Waals surface area contributed by atoms with Crippen LogP contribution in [0.1, 0.15) is 36.0 Å². The van der Waals surface area contributed by atoms with Gasteiger partial charge in [0.2, 0.25) is 0 Å². The Labute approximate surface area is 187 Å². The quantitative estimate of drug-likeness (QED) is 0.593. The summed E-state index contributed by atoms with van der Waals surface area (Å²) in [5, 5.41) is 3.11. The molecule has 0 aliphatic carbocycles. The Bertz CT molecular complexity index is 1030. The minimum atomic E-state index is -4.34. The van der Waals surface area contributed by atoms with Crippen molar-refractivity contribution in [3.63, 3.8) is 0 Å². The highest BCUT2D eigenvalue weighted by atomic mass is 32.1. The van der Waals surface area contributed by atoms with E-state index in [0.29, 0.717) is 17.4 Å². The third-order valence-corrected chi connectivity index (χ3v) is 6.10. The van der Waals surface area contributed by atoms with Crippen LogP contribution in [-0.2, 0) is 0 Å². The van der Waals surface area contributed by atoms with E-state index in [1.165, 1.54) is 18.6 Å². The third kappa shape index (κ3) is 5.39. The van der Waals surface area contributed by atoms with E-state index in [1.807, 2.05) is 17.6 Å². The van der Waals surface area contributed by atoms with E-state index in [2.05, 4.69) is 31.6 Å². The lowest BCUT2D eigenvalue weighted by Crippen LogP contribution is -2.35. The van der Waals surface area contributed by atoms with Crippen molar-refractivity contribution >= 4 is 35.8 Å². The van der Waals surface area contributed by atoms with Crippen LogP contribution >= 0.6 is 11.3 Å². The molecular weight excluding hydrogens is 439 g/mol. The number of allylic oxidation sites excluding steroid dienone is 1. The van der Waals surface area contributed by atoms with E-state index < -0.39 is 12.6 Å². The lowest BCUT2D eigenvalue weighted by atomic mass is 9.99. The third-order valence-electron chi connectivity index (χ3n) is 5.16. The Kier molecular flexibility index (Phi) is 6.63. The van der Waals surface area contributed by atoms with Gasteiger partial charge in [-0.15, -0.1) is 11.3 Å². The van der Waals surface area contributed by atoms with Crippen LogP contribution in [-0.4, -0.2) is 58.6 Å². The fraction of sp³-hybridized carbons (Fsp3) is 0.381. The highest BCUT2D eigenvalue weighted by Crippen LogP contribution is 2.31. The van der Waals surface area contributed by atoms with Gasteiger partial charge in [0, 0.05) is 49.2 Å². The van der Waals surface area contributed by atoms with Crippen LogP contribution in [0.4, 0.5) is 19.0 Å². The topological polar surface area (TPSA) is 69.9 Å². The van der Waals surface area contributed by atoms with Crippen molar-refractivity contribution < 1.29 is 13.2 Å². The summed E-state index contributed by atoms with van der Waals surface area (Å²) in [6.45, 7) is 5.44. The zero-order chi connectivity index (χ0) is 22.6. The van der Waals surface area contributed by atoms with Crippen molar-refractivity contribution in [2.75, 3.05) is 24.5 Å². The van der Waals surface area contributed by atoms with Crippen molar-refractivity contribution in [3.05, 3.63) is 52.8 Å². The maximum absolute atomic E-state index is 12.8. The number of piperidine rings is 1. The lowest BCUT2D eigenvalue weighted by Gasteiger charge is -2.33. The second kappa shape index (κ2) is 9.60. The molecule has 1 unspecified atom stereocenters. The summed E-state index contributed by atoms with van der Waals surface area (Å²) in [6.07, 6.45) is 4.37. The molecule has 2 aliphatic heterocycles. The molecule has 1 atom stereocenters. The molecule has 0 amide bonds. The smallest absolute Gasteiger partial charge is 0.356 e. The van der Waals surface area contributed by atoms with Gasteiger partial charge in [0.25, 0.3) is 0 Å². The predicted octanol–water partition coefficient (Wildman–Crippen LogP) is 4.50. The molecule has 11 heteroatoms. The summed E-state index contributed by atoms with van der Waals surface area (Å²) in [5.41, 5.74) is 0.373. The number of rotatable bonds is 6. The highest BCUT2D eigenvalue weighted by molar-refractivity contribution is 7.09. The molecule has 2 aromatic rings. The van der Waals surface area contributed by atoms with E-state index in [-0.39, 0.29) is 12.2 Å². The van der Waals surface area contributed by atoms with E-state index in [1.54, 1.807) is 22.4 Å². The summed E-state index contributed by atoms with van der Waals surface area (Å²) >= 11 is 1.66. The zero-order valence-corrected chi connectivity index (χ0v) is 18.1. The lowest BCUT2D eigenvalue weighted by molar-refractivity contribution is -0.127. The van der Waals surface area contributed by atoms with Gasteiger partial charge in [-0.25, -0.2) is 15.0 Å². The van der Waals surface area contributed by atoms with E-state index in [4.69, 9.17) is 4.98 Å². The van der Waals surface area contributed by atoms with Gasteiger partial charge >= 0.3 is 6.18 Å². The molecule has 0 saturated carbocycles. The summed E-state index contributed by atoms with van der Waals surface area (Å²) in [4.78, 5) is 25.0. The SMILES string of the molecule is C=N/C=C(/c1nccc(N2CCCC(c3nccs3)C2)n1)N1C=C(CC(F)(F)F)N=CC1. The van der Waals surface area contributed by atoms with Crippen LogP contribution in [0.3, 0.4) is 0 Å². The molecule has 0 aromatic carbocycles. The van der Waals surface area contributed by atoms with Crippen LogP contribution in [0, 0.1) is 0 Å². The summed E-state index contributed by atoms with van der Waals surface area (Å²) in [5.74, 6) is 1.47. The van der Waals surface area contributed by atoms with E-state index >= 15 is 0 Å². The van der Waals surface area contributed by atoms with Gasteiger partial charge in [0.05, 0.1) is 29.9 Å². The molecule has 4 rings (SSSR count). The Hall–Kier alpha value is -3.08. The average molecular weight is 462 g/mol. The van der Waals surface area contributed by atoms with Crippen molar-refractivity contribution in [3.8, 4) is 0 Å². The molecule has 0 radical (unpaired) electrons. The molecule has 0 bridgehead atoms. The maximum Gasteiger partial charge on any atom is 0.394 e. The number of thiazole rings is 1. The number of aliphatic imine (C=N–C) groups is 2. The number of anilines is 1. The van der Waals surface area contributed by atoms with Gasteiger partial charge in [-0.05, 0) is 25.6 Å². The number of nitrogens with zero attached hydrogens (tertiary/aromatic N) is 7. The first-order valence-corrected chi connectivity index (χ1v) is 11.0. The van der Waals surface area contributed by atoms with Crippen LogP contribution < -0.4 is 4.90 Å². The fourth-order valence-electron chi connectivity index (χ4n) is 3.79. The zero-order valence-electron chi connectivity index (χ0n) is 17.2. The largest absolute Gasteiger partial charge is 0.394 e. The Morgan fingerprint density at radius 3 is 2.94 bits per heavy atom. The molecule has 32 heavy (non-hydrogen) atoms. The van der Waals surface area contributed by atoms with Gasteiger partial charge < -0.3 is 9.80 Å². The monoisotopic (exact) mass is 461 g/mol. The number of halogens is 3. The van der Waals surface area contributed by atoms with Crippen molar-refractivity contribution in [1.29, 1.82) is 0 Å². The number of aromatic nitrogens is 3. The molecule has 1 saturated heterocycles. The first-order chi connectivity index (χ1) is 15.4. The van der Waals surface area contributed by atoms with Crippen molar-refractivity contribution in [2.45, 2.75) is 31.4 Å². The Morgan fingerprint density at radius 1 is 1.31 bits per heavy atom. The molecule has 7 nitrogen and oxygen atoms in total. The minimum Gasteiger partial charge on any atom is -0.356 e. The van der Waals surface area contributed by atoms with Crippen LogP contribution in [0.25, 0.3) is 5.70 Å². The van der Waals surface area contributed by atoms with Gasteiger partial charge in [-0.1, -0.05) is 0 Å². The molecular formula is C21H22F3N7S. The van der Waals surface area contributed by atoms with Crippen molar-refractivity contribution in [2.24, 2.45) is 9.98 Å². The minimum absolute atomic E-state index is 0.0859. The van der Waals surface area contributed by atoms with Gasteiger partial charge in [-0.2, -0.15) is 13.2 Å². The van der Waals surface area contributed by atoms with E-state index in [0.717, 1.165) is 36.8 Å². The first-order valence-electron chi connectivity index (χ1n) is 10.1. The molecule has 4 heterocycles. The van der Waals surface area contributed by atoms with Crippen LogP contribution in [0.15, 0.2) is 51.9 Å². The van der Waals surface area contributed by atoms with Crippen LogP contribution in [0.5, 0.6) is 0 Å². The Morgan fingerprint density at radius 2 is 2.19 bits per heavy atom. The number of hydrogen-bond donors (Lipinski definition) is 0.